The minimum atomic E-state index is 1.11. The van der Waals surface area contributed by atoms with Crippen molar-refractivity contribution in [1.82, 2.24) is 5.32 Å². The lowest BCUT2D eigenvalue weighted by Crippen LogP contribution is -2.15. The third kappa shape index (κ3) is 15.1. The molecular formula is C21H35N. The van der Waals surface area contributed by atoms with E-state index in [0.717, 1.165) is 19.4 Å². The van der Waals surface area contributed by atoms with Gasteiger partial charge in [-0.15, -0.1) is 0 Å². The van der Waals surface area contributed by atoms with Crippen LogP contribution in [0.2, 0.25) is 0 Å². The number of benzene rings is 1. The Hall–Kier alpha value is -1.34. The summed E-state index contributed by atoms with van der Waals surface area (Å²) < 4.78 is 0. The van der Waals surface area contributed by atoms with Crippen LogP contribution in [0.1, 0.15) is 58.4 Å². The lowest BCUT2D eigenvalue weighted by Gasteiger charge is -2.01. The molecule has 0 fully saturated rings. The summed E-state index contributed by atoms with van der Waals surface area (Å²) in [6.07, 6.45) is 16.1. The van der Waals surface area contributed by atoms with Gasteiger partial charge >= 0.3 is 0 Å². The molecule has 0 spiro atoms. The van der Waals surface area contributed by atoms with E-state index in [2.05, 4.69) is 67.7 Å². The molecule has 1 N–H and O–H groups in total. The van der Waals surface area contributed by atoms with Gasteiger partial charge in [-0.2, -0.15) is 0 Å². The molecule has 1 heteroatoms. The Balaban J connectivity index is 0.000000461. The Labute approximate surface area is 138 Å². The standard InChI is InChI=1S/C13H25N.C8H10/c1-3-5-7-9-11-13-14-12-10-8-6-4-2;1-2-8-6-4-3-5-7-8/h3,5,7,9,14H,4,6,8,10-13H2,1-2H3;3-7H,2H2,1H3/b5-3-,9-7-;. The molecule has 1 aromatic rings. The first-order chi connectivity index (χ1) is 10.8. The maximum absolute atomic E-state index is 3.45. The van der Waals surface area contributed by atoms with Crippen molar-refractivity contribution in [1.29, 1.82) is 0 Å². The molecule has 124 valence electrons. The van der Waals surface area contributed by atoms with Gasteiger partial charge in [0, 0.05) is 0 Å². The second-order valence-corrected chi connectivity index (χ2v) is 5.39. The van der Waals surface area contributed by atoms with Crippen LogP contribution in [0.3, 0.4) is 0 Å². The van der Waals surface area contributed by atoms with Crippen molar-refractivity contribution in [3.8, 4) is 0 Å². The highest BCUT2D eigenvalue weighted by Gasteiger charge is 1.86. The molecule has 0 aliphatic heterocycles. The van der Waals surface area contributed by atoms with E-state index >= 15 is 0 Å². The molecule has 0 saturated heterocycles. The molecule has 0 atom stereocenters. The first-order valence-corrected chi connectivity index (χ1v) is 8.87. The van der Waals surface area contributed by atoms with Gasteiger partial charge in [0.05, 0.1) is 0 Å². The zero-order valence-corrected chi connectivity index (χ0v) is 14.9. The fraction of sp³-hybridized carbons (Fsp3) is 0.524. The predicted octanol–water partition coefficient (Wildman–Crippen LogP) is 5.93. The van der Waals surface area contributed by atoms with E-state index in [1.54, 1.807) is 0 Å². The van der Waals surface area contributed by atoms with Crippen molar-refractivity contribution in [2.75, 3.05) is 13.1 Å². The zero-order valence-electron chi connectivity index (χ0n) is 14.9. The maximum atomic E-state index is 3.45. The van der Waals surface area contributed by atoms with Gasteiger partial charge in [-0.1, -0.05) is 87.7 Å². The van der Waals surface area contributed by atoms with Crippen LogP contribution in [-0.2, 0) is 6.42 Å². The maximum Gasteiger partial charge on any atom is -0.00142 e. The SMILES string of the molecule is C/C=C\C=C/CCNCCCCCC.CCc1ccccc1. The summed E-state index contributed by atoms with van der Waals surface area (Å²) in [5, 5.41) is 3.45. The number of unbranched alkanes of at least 4 members (excludes halogenated alkanes) is 3. The Morgan fingerprint density at radius 1 is 0.909 bits per heavy atom. The predicted molar refractivity (Wildman–Crippen MR) is 101 cm³/mol. The van der Waals surface area contributed by atoms with Gasteiger partial charge < -0.3 is 5.32 Å². The van der Waals surface area contributed by atoms with E-state index in [1.165, 1.54) is 37.8 Å². The van der Waals surface area contributed by atoms with Crippen molar-refractivity contribution in [3.05, 3.63) is 60.2 Å². The van der Waals surface area contributed by atoms with Gasteiger partial charge in [0.15, 0.2) is 0 Å². The highest BCUT2D eigenvalue weighted by Crippen LogP contribution is 1.97. The van der Waals surface area contributed by atoms with E-state index in [-0.39, 0.29) is 0 Å². The van der Waals surface area contributed by atoms with Crippen molar-refractivity contribution in [2.45, 2.75) is 59.3 Å². The largest absolute Gasteiger partial charge is 0.316 e. The van der Waals surface area contributed by atoms with Crippen LogP contribution in [0.25, 0.3) is 0 Å². The van der Waals surface area contributed by atoms with Crippen molar-refractivity contribution in [3.63, 3.8) is 0 Å². The third-order valence-electron chi connectivity index (χ3n) is 3.39. The lowest BCUT2D eigenvalue weighted by molar-refractivity contribution is 0.601. The van der Waals surface area contributed by atoms with Crippen LogP contribution in [0.4, 0.5) is 0 Å². The van der Waals surface area contributed by atoms with Crippen LogP contribution in [0.15, 0.2) is 54.6 Å². The highest BCUT2D eigenvalue weighted by molar-refractivity contribution is 5.13. The molecular weight excluding hydrogens is 266 g/mol. The van der Waals surface area contributed by atoms with Gasteiger partial charge in [-0.3, -0.25) is 0 Å². The second-order valence-electron chi connectivity index (χ2n) is 5.39. The molecule has 0 saturated carbocycles. The van der Waals surface area contributed by atoms with E-state index in [9.17, 15) is 0 Å². The molecule has 0 unspecified atom stereocenters. The van der Waals surface area contributed by atoms with Crippen LogP contribution in [0.5, 0.6) is 0 Å². The Kier molecular flexibility index (Phi) is 16.6. The highest BCUT2D eigenvalue weighted by atomic mass is 14.8. The first kappa shape index (κ1) is 20.7. The third-order valence-corrected chi connectivity index (χ3v) is 3.39. The minimum absolute atomic E-state index is 1.11. The molecule has 0 heterocycles. The smallest absolute Gasteiger partial charge is 0.00142 e. The number of allylic oxidation sites excluding steroid dienone is 3. The zero-order chi connectivity index (χ0) is 16.3. The summed E-state index contributed by atoms with van der Waals surface area (Å²) >= 11 is 0. The van der Waals surface area contributed by atoms with Gasteiger partial charge in [0.2, 0.25) is 0 Å². The lowest BCUT2D eigenvalue weighted by atomic mass is 10.2. The summed E-state index contributed by atoms with van der Waals surface area (Å²) in [5.74, 6) is 0. The van der Waals surface area contributed by atoms with Crippen molar-refractivity contribution in [2.24, 2.45) is 0 Å². The normalized spacial score (nSPS) is 10.9. The number of hydrogen-bond donors (Lipinski definition) is 1. The Bertz CT molecular complexity index is 365. The van der Waals surface area contributed by atoms with E-state index < -0.39 is 0 Å². The fourth-order valence-electron chi connectivity index (χ4n) is 1.99. The average Bonchev–Trinajstić information content (AvgIpc) is 2.58. The van der Waals surface area contributed by atoms with Crippen LogP contribution in [-0.4, -0.2) is 13.1 Å². The van der Waals surface area contributed by atoms with Gasteiger partial charge in [-0.25, -0.2) is 0 Å². The molecule has 22 heavy (non-hydrogen) atoms. The summed E-state index contributed by atoms with van der Waals surface area (Å²) in [7, 11) is 0. The number of nitrogens with one attached hydrogen (secondary N) is 1. The van der Waals surface area contributed by atoms with Crippen LogP contribution >= 0.6 is 0 Å². The Morgan fingerprint density at radius 3 is 2.27 bits per heavy atom. The van der Waals surface area contributed by atoms with Crippen LogP contribution in [0, 0.1) is 0 Å². The minimum Gasteiger partial charge on any atom is -0.316 e. The van der Waals surface area contributed by atoms with Crippen LogP contribution < -0.4 is 5.32 Å². The summed E-state index contributed by atoms with van der Waals surface area (Å²) in [4.78, 5) is 0. The van der Waals surface area contributed by atoms with Crippen molar-refractivity contribution >= 4 is 0 Å². The quantitative estimate of drug-likeness (QED) is 0.417. The van der Waals surface area contributed by atoms with E-state index in [1.807, 2.05) is 13.0 Å². The second kappa shape index (κ2) is 17.7. The van der Waals surface area contributed by atoms with Gasteiger partial charge in [0.1, 0.15) is 0 Å². The van der Waals surface area contributed by atoms with Gasteiger partial charge in [0.25, 0.3) is 0 Å². The summed E-state index contributed by atoms with van der Waals surface area (Å²) in [6, 6.07) is 10.5. The summed E-state index contributed by atoms with van der Waals surface area (Å²) in [5.41, 5.74) is 1.41. The van der Waals surface area contributed by atoms with Gasteiger partial charge in [-0.05, 0) is 44.8 Å². The number of rotatable bonds is 10. The summed E-state index contributed by atoms with van der Waals surface area (Å²) in [6.45, 7) is 8.74. The molecule has 1 aromatic carbocycles. The molecule has 0 aromatic heterocycles. The molecule has 0 aliphatic rings. The monoisotopic (exact) mass is 301 g/mol. The molecule has 0 aliphatic carbocycles. The van der Waals surface area contributed by atoms with E-state index in [0.29, 0.717) is 0 Å². The fourth-order valence-corrected chi connectivity index (χ4v) is 1.99. The molecule has 0 radical (unpaired) electrons. The molecule has 1 nitrogen and oxygen atoms in total. The average molecular weight is 302 g/mol. The first-order valence-electron chi connectivity index (χ1n) is 8.87. The topological polar surface area (TPSA) is 12.0 Å². The molecule has 0 bridgehead atoms. The Morgan fingerprint density at radius 2 is 1.68 bits per heavy atom. The number of aryl methyl sites for hydroxylation is 1. The van der Waals surface area contributed by atoms with E-state index in [4.69, 9.17) is 0 Å². The number of hydrogen-bond acceptors (Lipinski definition) is 1. The molecule has 0 amide bonds. The van der Waals surface area contributed by atoms with Crippen molar-refractivity contribution < 1.29 is 0 Å². The molecule has 1 rings (SSSR count).